The van der Waals surface area contributed by atoms with Gasteiger partial charge in [-0.1, -0.05) is 0 Å². The highest BCUT2D eigenvalue weighted by atomic mass is 79.9. The van der Waals surface area contributed by atoms with Crippen molar-refractivity contribution in [1.29, 1.82) is 0 Å². The highest BCUT2D eigenvalue weighted by Crippen LogP contribution is 2.06. The molecule has 1 aliphatic heterocycles. The number of nitrogens with zero attached hydrogens (tertiary/aromatic N) is 5. The van der Waals surface area contributed by atoms with Crippen LogP contribution >= 0.6 is 15.9 Å². The Hall–Kier alpha value is -1.71. The van der Waals surface area contributed by atoms with Crippen LogP contribution in [0.4, 0.5) is 0 Å². The Bertz CT molecular complexity index is 649. The molecule has 0 radical (unpaired) electrons. The normalized spacial score (nSPS) is 15.7. The second-order valence-electron chi connectivity index (χ2n) is 5.29. The van der Waals surface area contributed by atoms with Crippen LogP contribution in [0, 0.1) is 0 Å². The first-order valence-electron chi connectivity index (χ1n) is 7.50. The Morgan fingerprint density at radius 1 is 1.35 bits per heavy atom. The number of carbonyl (C=O) groups excluding carboxylic acids is 1. The summed E-state index contributed by atoms with van der Waals surface area (Å²) in [6, 6.07) is 1.71. The van der Waals surface area contributed by atoms with Crippen molar-refractivity contribution in [2.24, 2.45) is 0 Å². The minimum absolute atomic E-state index is 0.154. The van der Waals surface area contributed by atoms with Gasteiger partial charge in [0.1, 0.15) is 12.4 Å². The third-order valence-corrected chi connectivity index (χ3v) is 3.99. The number of amides is 1. The summed E-state index contributed by atoms with van der Waals surface area (Å²) in [5.41, 5.74) is 0.415. The van der Waals surface area contributed by atoms with Crippen LogP contribution in [0.5, 0.6) is 0 Å². The molecule has 2 aromatic heterocycles. The number of rotatable bonds is 6. The molecule has 8 nitrogen and oxygen atoms in total. The lowest BCUT2D eigenvalue weighted by atomic mass is 10.4. The highest BCUT2D eigenvalue weighted by molar-refractivity contribution is 9.10. The first-order chi connectivity index (χ1) is 11.2. The zero-order valence-corrected chi connectivity index (χ0v) is 14.3. The molecule has 3 heterocycles. The van der Waals surface area contributed by atoms with Crippen LogP contribution in [0.25, 0.3) is 0 Å². The van der Waals surface area contributed by atoms with Gasteiger partial charge in [0.05, 0.1) is 23.9 Å². The minimum Gasteiger partial charge on any atom is -0.379 e. The maximum absolute atomic E-state index is 12.1. The van der Waals surface area contributed by atoms with Crippen molar-refractivity contribution in [2.45, 2.75) is 6.67 Å². The fraction of sp³-hybridized carbons (Fsp3) is 0.500. The predicted octanol–water partition coefficient (Wildman–Crippen LogP) is 0.410. The Balaban J connectivity index is 1.46. The zero-order valence-electron chi connectivity index (χ0n) is 12.7. The topological polar surface area (TPSA) is 77.2 Å². The fourth-order valence-electron chi connectivity index (χ4n) is 2.37. The van der Waals surface area contributed by atoms with Gasteiger partial charge in [-0.2, -0.15) is 10.2 Å². The molecule has 1 amide bonds. The first kappa shape index (κ1) is 16.2. The van der Waals surface area contributed by atoms with Crippen molar-refractivity contribution in [3.8, 4) is 0 Å². The molecule has 0 unspecified atom stereocenters. The van der Waals surface area contributed by atoms with Gasteiger partial charge in [0.25, 0.3) is 5.91 Å². The molecule has 0 spiro atoms. The van der Waals surface area contributed by atoms with Crippen molar-refractivity contribution in [3.05, 3.63) is 34.8 Å². The Morgan fingerprint density at radius 2 is 2.17 bits per heavy atom. The standard InChI is InChI=1S/C14H19BrN6O2/c15-12-9-17-21(10-12)11-20-3-1-13(18-20)14(22)16-2-4-19-5-7-23-8-6-19/h1,3,9-10H,2,4-8,11H2,(H,16,22). The van der Waals surface area contributed by atoms with Gasteiger partial charge in [0.2, 0.25) is 0 Å². The van der Waals surface area contributed by atoms with Crippen molar-refractivity contribution in [2.75, 3.05) is 39.4 Å². The van der Waals surface area contributed by atoms with Crippen LogP contribution in [0.15, 0.2) is 29.1 Å². The molecule has 0 aromatic carbocycles. The van der Waals surface area contributed by atoms with Crippen LogP contribution < -0.4 is 5.32 Å². The second kappa shape index (κ2) is 7.71. The SMILES string of the molecule is O=C(NCCN1CCOCC1)c1ccn(Cn2cc(Br)cn2)n1. The number of carbonyl (C=O) groups is 1. The van der Waals surface area contributed by atoms with Crippen LogP contribution in [0.2, 0.25) is 0 Å². The average Bonchev–Trinajstić information content (AvgIpc) is 3.18. The van der Waals surface area contributed by atoms with Gasteiger partial charge in [-0.05, 0) is 22.0 Å². The third-order valence-electron chi connectivity index (χ3n) is 3.58. The number of nitrogens with one attached hydrogen (secondary N) is 1. The van der Waals surface area contributed by atoms with E-state index in [1.54, 1.807) is 27.8 Å². The lowest BCUT2D eigenvalue weighted by Crippen LogP contribution is -2.41. The Kier molecular flexibility index (Phi) is 5.42. The quantitative estimate of drug-likeness (QED) is 0.782. The number of aromatic nitrogens is 4. The predicted molar refractivity (Wildman–Crippen MR) is 87.1 cm³/mol. The van der Waals surface area contributed by atoms with Gasteiger partial charge < -0.3 is 10.1 Å². The average molecular weight is 383 g/mol. The summed E-state index contributed by atoms with van der Waals surface area (Å²) in [6.45, 7) is 5.28. The molecular formula is C14H19BrN6O2. The van der Waals surface area contributed by atoms with Crippen molar-refractivity contribution in [1.82, 2.24) is 29.8 Å². The van der Waals surface area contributed by atoms with E-state index in [-0.39, 0.29) is 5.91 Å². The van der Waals surface area contributed by atoms with Gasteiger partial charge in [-0.25, -0.2) is 4.68 Å². The van der Waals surface area contributed by atoms with Gasteiger partial charge in [-0.15, -0.1) is 0 Å². The second-order valence-corrected chi connectivity index (χ2v) is 6.21. The van der Waals surface area contributed by atoms with Crippen LogP contribution in [0.3, 0.4) is 0 Å². The van der Waals surface area contributed by atoms with Crippen LogP contribution in [0.1, 0.15) is 10.5 Å². The molecule has 9 heteroatoms. The van der Waals surface area contributed by atoms with Crippen molar-refractivity contribution in [3.63, 3.8) is 0 Å². The smallest absolute Gasteiger partial charge is 0.271 e. The van der Waals surface area contributed by atoms with Gasteiger partial charge in [0.15, 0.2) is 0 Å². The summed E-state index contributed by atoms with van der Waals surface area (Å²) in [5.74, 6) is -0.154. The first-order valence-corrected chi connectivity index (χ1v) is 8.30. The molecule has 1 fully saturated rings. The molecule has 0 atom stereocenters. The van der Waals surface area contributed by atoms with E-state index >= 15 is 0 Å². The molecule has 23 heavy (non-hydrogen) atoms. The maximum Gasteiger partial charge on any atom is 0.271 e. The highest BCUT2D eigenvalue weighted by Gasteiger charge is 2.12. The Morgan fingerprint density at radius 3 is 2.91 bits per heavy atom. The number of morpholine rings is 1. The molecule has 0 saturated carbocycles. The minimum atomic E-state index is -0.154. The molecule has 1 saturated heterocycles. The van der Waals surface area contributed by atoms with Gasteiger partial charge in [0, 0.05) is 38.6 Å². The molecule has 124 valence electrons. The molecular weight excluding hydrogens is 364 g/mol. The van der Waals surface area contributed by atoms with E-state index in [4.69, 9.17) is 4.74 Å². The van der Waals surface area contributed by atoms with E-state index < -0.39 is 0 Å². The van der Waals surface area contributed by atoms with Crippen molar-refractivity contribution < 1.29 is 9.53 Å². The van der Waals surface area contributed by atoms with Gasteiger partial charge >= 0.3 is 0 Å². The largest absolute Gasteiger partial charge is 0.379 e. The van der Waals surface area contributed by atoms with Gasteiger partial charge in [-0.3, -0.25) is 14.4 Å². The van der Waals surface area contributed by atoms with E-state index in [2.05, 4.69) is 36.3 Å². The summed E-state index contributed by atoms with van der Waals surface area (Å²) < 4.78 is 9.62. The number of hydrogen-bond donors (Lipinski definition) is 1. The monoisotopic (exact) mass is 382 g/mol. The molecule has 1 N–H and O–H groups in total. The summed E-state index contributed by atoms with van der Waals surface area (Å²) >= 11 is 3.35. The molecule has 2 aromatic rings. The van der Waals surface area contributed by atoms with E-state index in [1.807, 2.05) is 6.20 Å². The number of halogens is 1. The fourth-order valence-corrected chi connectivity index (χ4v) is 2.70. The van der Waals surface area contributed by atoms with E-state index in [1.165, 1.54) is 0 Å². The summed E-state index contributed by atoms with van der Waals surface area (Å²) in [5, 5.41) is 11.3. The Labute approximate surface area is 142 Å². The summed E-state index contributed by atoms with van der Waals surface area (Å²) in [4.78, 5) is 14.4. The number of hydrogen-bond acceptors (Lipinski definition) is 5. The van der Waals surface area contributed by atoms with Crippen molar-refractivity contribution >= 4 is 21.8 Å². The lowest BCUT2D eigenvalue weighted by Gasteiger charge is -2.26. The molecule has 1 aliphatic rings. The number of ether oxygens (including phenoxy) is 1. The third kappa shape index (κ3) is 4.63. The lowest BCUT2D eigenvalue weighted by molar-refractivity contribution is 0.0383. The van der Waals surface area contributed by atoms with Crippen LogP contribution in [-0.2, 0) is 11.4 Å². The molecule has 0 bridgehead atoms. The molecule has 3 rings (SSSR count). The summed E-state index contributed by atoms with van der Waals surface area (Å²) in [7, 11) is 0. The molecule has 0 aliphatic carbocycles. The van der Waals surface area contributed by atoms with E-state index in [0.29, 0.717) is 18.9 Å². The van der Waals surface area contributed by atoms with E-state index in [0.717, 1.165) is 37.3 Å². The van der Waals surface area contributed by atoms with E-state index in [9.17, 15) is 4.79 Å². The zero-order chi connectivity index (χ0) is 16.1. The summed E-state index contributed by atoms with van der Waals surface area (Å²) in [6.07, 6.45) is 5.33. The maximum atomic E-state index is 12.1. The van der Waals surface area contributed by atoms with Crippen LogP contribution in [-0.4, -0.2) is 69.8 Å².